The van der Waals surface area contributed by atoms with Crippen molar-refractivity contribution in [1.82, 2.24) is 4.98 Å². The summed E-state index contributed by atoms with van der Waals surface area (Å²) in [5.74, 6) is 0.343. The van der Waals surface area contributed by atoms with Gasteiger partial charge in [-0.15, -0.1) is 0 Å². The summed E-state index contributed by atoms with van der Waals surface area (Å²) in [4.78, 5) is 4.15. The number of rotatable bonds is 2. The van der Waals surface area contributed by atoms with Crippen LogP contribution >= 0.6 is 15.9 Å². The number of hydrogen-bond donors (Lipinski definition) is 1. The highest BCUT2D eigenvalue weighted by Crippen LogP contribution is 2.21. The Morgan fingerprint density at radius 3 is 2.75 bits per heavy atom. The van der Waals surface area contributed by atoms with Crippen LogP contribution in [0.25, 0.3) is 0 Å². The van der Waals surface area contributed by atoms with Gasteiger partial charge in [0.05, 0.1) is 5.69 Å². The summed E-state index contributed by atoms with van der Waals surface area (Å²) in [5.41, 5.74) is 1.48. The van der Waals surface area contributed by atoms with E-state index in [4.69, 9.17) is 0 Å². The summed E-state index contributed by atoms with van der Waals surface area (Å²) in [6.45, 7) is 1.96. The molecule has 0 fully saturated rings. The first kappa shape index (κ1) is 11.1. The molecule has 0 saturated carbocycles. The summed E-state index contributed by atoms with van der Waals surface area (Å²) in [6, 6.07) is 8.37. The van der Waals surface area contributed by atoms with E-state index >= 15 is 0 Å². The lowest BCUT2D eigenvalue weighted by molar-refractivity contribution is 0.632. The molecule has 2 rings (SSSR count). The van der Waals surface area contributed by atoms with Crippen LogP contribution in [0.1, 0.15) is 5.56 Å². The molecule has 82 valence electrons. The first-order chi connectivity index (χ1) is 7.66. The third-order valence-electron chi connectivity index (χ3n) is 2.18. The molecular weight excluding hydrogens is 271 g/mol. The van der Waals surface area contributed by atoms with Gasteiger partial charge in [0.2, 0.25) is 0 Å². The van der Waals surface area contributed by atoms with E-state index in [1.54, 1.807) is 24.4 Å². The van der Waals surface area contributed by atoms with Crippen LogP contribution in [-0.2, 0) is 0 Å². The lowest BCUT2D eigenvalue weighted by Gasteiger charge is -2.07. The molecule has 1 N–H and O–H groups in total. The van der Waals surface area contributed by atoms with E-state index in [1.807, 2.05) is 13.0 Å². The van der Waals surface area contributed by atoms with Crippen molar-refractivity contribution in [3.05, 3.63) is 52.4 Å². The number of aryl methyl sites for hydroxylation is 1. The quantitative estimate of drug-likeness (QED) is 0.898. The third kappa shape index (κ3) is 2.39. The molecule has 0 aliphatic rings. The number of para-hydroxylation sites is 1. The summed E-state index contributed by atoms with van der Waals surface area (Å²) in [7, 11) is 0. The van der Waals surface area contributed by atoms with E-state index in [0.29, 0.717) is 11.5 Å². The zero-order chi connectivity index (χ0) is 11.5. The van der Waals surface area contributed by atoms with Gasteiger partial charge in [0.15, 0.2) is 0 Å². The standard InChI is InChI=1S/C12H10BrFN2/c1-8-6-12(15-7-9(8)13)16-11-5-3-2-4-10(11)14/h2-7H,1H3,(H,15,16). The van der Waals surface area contributed by atoms with Crippen molar-refractivity contribution < 1.29 is 4.39 Å². The monoisotopic (exact) mass is 280 g/mol. The highest BCUT2D eigenvalue weighted by Gasteiger charge is 2.03. The van der Waals surface area contributed by atoms with Gasteiger partial charge in [0, 0.05) is 10.7 Å². The molecule has 2 nitrogen and oxygen atoms in total. The molecule has 1 heterocycles. The molecule has 0 unspecified atom stereocenters. The van der Waals surface area contributed by atoms with E-state index in [9.17, 15) is 4.39 Å². The molecule has 0 aliphatic carbocycles. The van der Waals surface area contributed by atoms with Gasteiger partial charge in [-0.2, -0.15) is 0 Å². The fourth-order valence-corrected chi connectivity index (χ4v) is 1.53. The van der Waals surface area contributed by atoms with Crippen molar-refractivity contribution in [2.45, 2.75) is 6.92 Å². The van der Waals surface area contributed by atoms with Crippen molar-refractivity contribution >= 4 is 27.4 Å². The van der Waals surface area contributed by atoms with E-state index < -0.39 is 0 Å². The predicted molar refractivity (Wildman–Crippen MR) is 66.4 cm³/mol. The number of aromatic nitrogens is 1. The summed E-state index contributed by atoms with van der Waals surface area (Å²) in [5, 5.41) is 2.93. The van der Waals surface area contributed by atoms with Crippen molar-refractivity contribution in [3.63, 3.8) is 0 Å². The van der Waals surface area contributed by atoms with Gasteiger partial charge >= 0.3 is 0 Å². The van der Waals surface area contributed by atoms with Crippen molar-refractivity contribution in [2.24, 2.45) is 0 Å². The van der Waals surface area contributed by atoms with Gasteiger partial charge in [0.25, 0.3) is 0 Å². The highest BCUT2D eigenvalue weighted by atomic mass is 79.9. The number of nitrogens with one attached hydrogen (secondary N) is 1. The number of benzene rings is 1. The highest BCUT2D eigenvalue weighted by molar-refractivity contribution is 9.10. The van der Waals surface area contributed by atoms with Crippen molar-refractivity contribution in [3.8, 4) is 0 Å². The molecule has 16 heavy (non-hydrogen) atoms. The fraction of sp³-hybridized carbons (Fsp3) is 0.0833. The maximum Gasteiger partial charge on any atom is 0.146 e. The van der Waals surface area contributed by atoms with Gasteiger partial charge < -0.3 is 5.32 Å². The minimum Gasteiger partial charge on any atom is -0.338 e. The lowest BCUT2D eigenvalue weighted by atomic mass is 10.2. The van der Waals surface area contributed by atoms with Crippen molar-refractivity contribution in [2.75, 3.05) is 5.32 Å². The topological polar surface area (TPSA) is 24.9 Å². The van der Waals surface area contributed by atoms with Gasteiger partial charge in [-0.05, 0) is 46.6 Å². The average Bonchev–Trinajstić information content (AvgIpc) is 2.27. The Balaban J connectivity index is 2.28. The van der Waals surface area contributed by atoms with Crippen molar-refractivity contribution in [1.29, 1.82) is 0 Å². The smallest absolute Gasteiger partial charge is 0.146 e. The van der Waals surface area contributed by atoms with Gasteiger partial charge in [-0.3, -0.25) is 0 Å². The largest absolute Gasteiger partial charge is 0.338 e. The fourth-order valence-electron chi connectivity index (χ4n) is 1.31. The molecule has 2 aromatic rings. The Labute approximate surface area is 102 Å². The Bertz CT molecular complexity index is 514. The molecule has 4 heteroatoms. The maximum atomic E-state index is 13.4. The molecule has 0 bridgehead atoms. The second-order valence-electron chi connectivity index (χ2n) is 3.42. The van der Waals surface area contributed by atoms with Gasteiger partial charge in [0.1, 0.15) is 11.6 Å². The van der Waals surface area contributed by atoms with E-state index in [0.717, 1.165) is 10.0 Å². The normalized spacial score (nSPS) is 10.2. The Morgan fingerprint density at radius 1 is 1.31 bits per heavy atom. The Morgan fingerprint density at radius 2 is 2.06 bits per heavy atom. The summed E-state index contributed by atoms with van der Waals surface area (Å²) < 4.78 is 14.3. The third-order valence-corrected chi connectivity index (χ3v) is 3.01. The number of pyridine rings is 1. The second-order valence-corrected chi connectivity index (χ2v) is 4.28. The van der Waals surface area contributed by atoms with E-state index in [2.05, 4.69) is 26.2 Å². The van der Waals surface area contributed by atoms with Crippen LogP contribution in [0, 0.1) is 12.7 Å². The molecule has 0 atom stereocenters. The van der Waals surface area contributed by atoms with Crippen LogP contribution in [0.5, 0.6) is 0 Å². The molecular formula is C12H10BrFN2. The minimum atomic E-state index is -0.287. The second kappa shape index (κ2) is 4.61. The van der Waals surface area contributed by atoms with Crippen LogP contribution in [0.4, 0.5) is 15.9 Å². The minimum absolute atomic E-state index is 0.287. The molecule has 0 spiro atoms. The zero-order valence-corrected chi connectivity index (χ0v) is 10.3. The number of hydrogen-bond acceptors (Lipinski definition) is 2. The first-order valence-electron chi connectivity index (χ1n) is 4.80. The average molecular weight is 281 g/mol. The van der Waals surface area contributed by atoms with Crippen LogP contribution in [0.15, 0.2) is 41.0 Å². The Kier molecular flexibility index (Phi) is 3.19. The van der Waals surface area contributed by atoms with Crippen LogP contribution < -0.4 is 5.32 Å². The number of nitrogens with zero attached hydrogens (tertiary/aromatic N) is 1. The van der Waals surface area contributed by atoms with E-state index in [-0.39, 0.29) is 5.82 Å². The summed E-state index contributed by atoms with van der Waals surface area (Å²) >= 11 is 3.36. The first-order valence-corrected chi connectivity index (χ1v) is 5.60. The van der Waals surface area contributed by atoms with Crippen LogP contribution in [0.2, 0.25) is 0 Å². The number of halogens is 2. The molecule has 1 aromatic carbocycles. The van der Waals surface area contributed by atoms with Gasteiger partial charge in [-0.1, -0.05) is 12.1 Å². The molecule has 0 amide bonds. The van der Waals surface area contributed by atoms with Crippen LogP contribution in [0.3, 0.4) is 0 Å². The summed E-state index contributed by atoms with van der Waals surface area (Å²) in [6.07, 6.45) is 1.69. The SMILES string of the molecule is Cc1cc(Nc2ccccc2F)ncc1Br. The zero-order valence-electron chi connectivity index (χ0n) is 8.67. The molecule has 0 radical (unpaired) electrons. The van der Waals surface area contributed by atoms with Crippen LogP contribution in [-0.4, -0.2) is 4.98 Å². The van der Waals surface area contributed by atoms with E-state index in [1.165, 1.54) is 6.07 Å². The Hall–Kier alpha value is -1.42. The van der Waals surface area contributed by atoms with Gasteiger partial charge in [-0.25, -0.2) is 9.37 Å². The molecule has 0 aliphatic heterocycles. The lowest BCUT2D eigenvalue weighted by Crippen LogP contribution is -1.96. The molecule has 0 saturated heterocycles. The number of anilines is 2. The maximum absolute atomic E-state index is 13.4. The molecule has 1 aromatic heterocycles. The predicted octanol–water partition coefficient (Wildman–Crippen LogP) is 4.04.